The van der Waals surface area contributed by atoms with Gasteiger partial charge < -0.3 is 21.3 Å². The van der Waals surface area contributed by atoms with Crippen molar-refractivity contribution in [3.8, 4) is 0 Å². The van der Waals surface area contributed by atoms with Crippen molar-refractivity contribution in [2.75, 3.05) is 16.0 Å². The summed E-state index contributed by atoms with van der Waals surface area (Å²) in [6.07, 6.45) is -0.209. The normalized spacial score (nSPS) is 15.7. The maximum absolute atomic E-state index is 12.3. The molecule has 4 N–H and O–H groups in total. The van der Waals surface area contributed by atoms with Crippen LogP contribution in [0, 0.1) is 0 Å². The molecule has 27 heavy (non-hydrogen) atoms. The van der Waals surface area contributed by atoms with Gasteiger partial charge in [-0.1, -0.05) is 12.1 Å². The predicted molar refractivity (Wildman–Crippen MR) is 100 cm³/mol. The largest absolute Gasteiger partial charge is 0.340 e. The van der Waals surface area contributed by atoms with Crippen LogP contribution in [0.1, 0.15) is 23.7 Å². The van der Waals surface area contributed by atoms with Crippen molar-refractivity contribution < 1.29 is 19.2 Å². The maximum atomic E-state index is 12.3. The molecular weight excluding hydrogens is 348 g/mol. The number of carbonyl (C=O) groups is 4. The van der Waals surface area contributed by atoms with E-state index in [0.29, 0.717) is 22.6 Å². The van der Waals surface area contributed by atoms with Gasteiger partial charge in [-0.15, -0.1) is 0 Å². The molecule has 0 bridgehead atoms. The van der Waals surface area contributed by atoms with E-state index in [2.05, 4.69) is 21.3 Å². The molecule has 0 unspecified atom stereocenters. The quantitative estimate of drug-likeness (QED) is 0.659. The molecule has 8 heteroatoms. The lowest BCUT2D eigenvalue weighted by Crippen LogP contribution is -2.43. The summed E-state index contributed by atoms with van der Waals surface area (Å²) in [5.74, 6) is -1.48. The van der Waals surface area contributed by atoms with E-state index in [1.165, 1.54) is 6.92 Å². The van der Waals surface area contributed by atoms with Crippen LogP contribution in [0.5, 0.6) is 0 Å². The minimum absolute atomic E-state index is 0.192. The van der Waals surface area contributed by atoms with Crippen molar-refractivity contribution in [2.24, 2.45) is 0 Å². The number of fused-ring (bicyclic) bond motifs is 1. The van der Waals surface area contributed by atoms with Crippen molar-refractivity contribution in [1.29, 1.82) is 0 Å². The van der Waals surface area contributed by atoms with Gasteiger partial charge in [-0.3, -0.25) is 19.2 Å². The number of benzene rings is 2. The summed E-state index contributed by atoms with van der Waals surface area (Å²) in [5, 5.41) is 10.5. The minimum atomic E-state index is -0.983. The Morgan fingerprint density at radius 2 is 1.59 bits per heavy atom. The second-order valence-corrected chi connectivity index (χ2v) is 6.07. The first kappa shape index (κ1) is 18.1. The Hall–Kier alpha value is -3.68. The van der Waals surface area contributed by atoms with Gasteiger partial charge in [0.25, 0.3) is 5.91 Å². The lowest BCUT2D eigenvalue weighted by molar-refractivity contribution is -0.122. The van der Waals surface area contributed by atoms with Crippen LogP contribution >= 0.6 is 0 Å². The van der Waals surface area contributed by atoms with Crippen molar-refractivity contribution in [1.82, 2.24) is 5.32 Å². The van der Waals surface area contributed by atoms with Crippen LogP contribution in [0.2, 0.25) is 0 Å². The zero-order valence-electron chi connectivity index (χ0n) is 14.5. The third-order valence-corrected chi connectivity index (χ3v) is 3.93. The van der Waals surface area contributed by atoms with Crippen LogP contribution in [-0.2, 0) is 14.4 Å². The Kier molecular flexibility index (Phi) is 5.16. The molecular formula is C19H18N4O4. The Morgan fingerprint density at radius 1 is 0.963 bits per heavy atom. The van der Waals surface area contributed by atoms with E-state index in [-0.39, 0.29) is 12.3 Å². The molecule has 1 aliphatic rings. The molecule has 0 saturated carbocycles. The average molecular weight is 366 g/mol. The Labute approximate surface area is 155 Å². The van der Waals surface area contributed by atoms with Crippen molar-refractivity contribution in [3.05, 3.63) is 54.1 Å². The molecule has 0 spiro atoms. The van der Waals surface area contributed by atoms with Crippen LogP contribution in [-0.4, -0.2) is 29.7 Å². The SMILES string of the molecule is CC(=O)Nc1ccc(NC(=O)C[C@H]2NC(=O)c3ccccc3NC2=O)cc1. The molecule has 2 aromatic rings. The van der Waals surface area contributed by atoms with E-state index in [1.807, 2.05) is 0 Å². The fourth-order valence-electron chi connectivity index (χ4n) is 2.69. The fourth-order valence-corrected chi connectivity index (χ4v) is 2.69. The summed E-state index contributed by atoms with van der Waals surface area (Å²) >= 11 is 0. The Bertz CT molecular complexity index is 908. The molecule has 8 nitrogen and oxygen atoms in total. The number of rotatable bonds is 4. The smallest absolute Gasteiger partial charge is 0.254 e. The zero-order valence-corrected chi connectivity index (χ0v) is 14.5. The van der Waals surface area contributed by atoms with Crippen LogP contribution in [0.15, 0.2) is 48.5 Å². The lowest BCUT2D eigenvalue weighted by Gasteiger charge is -2.14. The van der Waals surface area contributed by atoms with Crippen LogP contribution in [0.4, 0.5) is 17.1 Å². The molecule has 0 saturated heterocycles. The van der Waals surface area contributed by atoms with Gasteiger partial charge in [-0.2, -0.15) is 0 Å². The van der Waals surface area contributed by atoms with Gasteiger partial charge in [-0.25, -0.2) is 0 Å². The molecule has 0 radical (unpaired) electrons. The van der Waals surface area contributed by atoms with Gasteiger partial charge in [0, 0.05) is 18.3 Å². The van der Waals surface area contributed by atoms with Gasteiger partial charge in [-0.05, 0) is 36.4 Å². The monoisotopic (exact) mass is 366 g/mol. The zero-order chi connectivity index (χ0) is 19.4. The number of para-hydroxylation sites is 1. The van der Waals surface area contributed by atoms with Gasteiger partial charge in [0.15, 0.2) is 0 Å². The molecule has 1 heterocycles. The molecule has 1 atom stereocenters. The molecule has 1 aliphatic heterocycles. The first-order valence-electron chi connectivity index (χ1n) is 8.30. The van der Waals surface area contributed by atoms with Gasteiger partial charge in [0.05, 0.1) is 17.7 Å². The van der Waals surface area contributed by atoms with Gasteiger partial charge in [0.2, 0.25) is 17.7 Å². The minimum Gasteiger partial charge on any atom is -0.340 e. The number of amides is 4. The predicted octanol–water partition coefficient (Wildman–Crippen LogP) is 1.72. The summed E-state index contributed by atoms with van der Waals surface area (Å²) in [7, 11) is 0. The molecule has 3 rings (SSSR count). The highest BCUT2D eigenvalue weighted by molar-refractivity contribution is 6.11. The summed E-state index contributed by atoms with van der Waals surface area (Å²) in [6, 6.07) is 12.2. The highest BCUT2D eigenvalue weighted by atomic mass is 16.2. The molecule has 0 fully saturated rings. The summed E-state index contributed by atoms with van der Waals surface area (Å²) in [4.78, 5) is 47.8. The Morgan fingerprint density at radius 3 is 2.26 bits per heavy atom. The first-order chi connectivity index (χ1) is 12.9. The first-order valence-corrected chi connectivity index (χ1v) is 8.30. The summed E-state index contributed by atoms with van der Waals surface area (Å²) in [5.41, 5.74) is 1.88. The number of nitrogens with one attached hydrogen (secondary N) is 4. The molecule has 0 aliphatic carbocycles. The van der Waals surface area contributed by atoms with E-state index in [9.17, 15) is 19.2 Å². The topological polar surface area (TPSA) is 116 Å². The lowest BCUT2D eigenvalue weighted by atomic mass is 10.1. The second-order valence-electron chi connectivity index (χ2n) is 6.07. The molecule has 4 amide bonds. The van der Waals surface area contributed by atoms with Crippen LogP contribution in [0.25, 0.3) is 0 Å². The summed E-state index contributed by atoms with van der Waals surface area (Å²) < 4.78 is 0. The Balaban J connectivity index is 1.63. The summed E-state index contributed by atoms with van der Waals surface area (Å²) in [6.45, 7) is 1.40. The average Bonchev–Trinajstić information content (AvgIpc) is 2.73. The number of hydrogen-bond donors (Lipinski definition) is 4. The number of hydrogen-bond acceptors (Lipinski definition) is 4. The highest BCUT2D eigenvalue weighted by Crippen LogP contribution is 2.19. The van der Waals surface area contributed by atoms with Crippen LogP contribution < -0.4 is 21.3 Å². The third-order valence-electron chi connectivity index (χ3n) is 3.93. The van der Waals surface area contributed by atoms with Gasteiger partial charge >= 0.3 is 0 Å². The molecule has 138 valence electrons. The van der Waals surface area contributed by atoms with Gasteiger partial charge in [0.1, 0.15) is 6.04 Å². The molecule has 2 aromatic carbocycles. The molecule has 0 aromatic heterocycles. The van der Waals surface area contributed by atoms with E-state index in [1.54, 1.807) is 48.5 Å². The van der Waals surface area contributed by atoms with E-state index < -0.39 is 23.8 Å². The highest BCUT2D eigenvalue weighted by Gasteiger charge is 2.29. The van der Waals surface area contributed by atoms with E-state index >= 15 is 0 Å². The van der Waals surface area contributed by atoms with E-state index in [4.69, 9.17) is 0 Å². The third kappa shape index (κ3) is 4.49. The second kappa shape index (κ2) is 7.69. The standard InChI is InChI=1S/C19H18N4O4/c1-11(24)20-12-6-8-13(9-7-12)21-17(25)10-16-19(27)22-15-5-3-2-4-14(15)18(26)23-16/h2-9,16H,10H2,1H3,(H,20,24)(H,21,25)(H,22,27)(H,23,26)/t16-/m1/s1. The number of anilines is 3. The fraction of sp³-hybridized carbons (Fsp3) is 0.158. The van der Waals surface area contributed by atoms with Crippen molar-refractivity contribution >= 4 is 40.7 Å². The number of carbonyl (C=O) groups excluding carboxylic acids is 4. The van der Waals surface area contributed by atoms with Crippen molar-refractivity contribution in [3.63, 3.8) is 0 Å². The van der Waals surface area contributed by atoms with Crippen LogP contribution in [0.3, 0.4) is 0 Å². The maximum Gasteiger partial charge on any atom is 0.254 e. The van der Waals surface area contributed by atoms with Crippen molar-refractivity contribution in [2.45, 2.75) is 19.4 Å². The van der Waals surface area contributed by atoms with E-state index in [0.717, 1.165) is 0 Å².